The van der Waals surface area contributed by atoms with Gasteiger partial charge in [-0.2, -0.15) is 0 Å². The third-order valence-corrected chi connectivity index (χ3v) is 5.53. The van der Waals surface area contributed by atoms with Crippen LogP contribution in [0.2, 0.25) is 0 Å². The SMILES string of the molecule is CC1(O)c2ccccc2C(=O)N1C1CCN(Cc2ccccc2)CC1. The number of nitrogens with zero attached hydrogens (tertiary/aromatic N) is 2. The minimum atomic E-state index is -1.21. The van der Waals surface area contributed by atoms with Crippen LogP contribution in [0.3, 0.4) is 0 Å². The van der Waals surface area contributed by atoms with E-state index >= 15 is 0 Å². The minimum absolute atomic E-state index is 0.0397. The molecule has 2 heterocycles. The lowest BCUT2D eigenvalue weighted by atomic mass is 9.99. The fourth-order valence-electron chi connectivity index (χ4n) is 4.24. The largest absolute Gasteiger partial charge is 0.367 e. The number of hydrogen-bond donors (Lipinski definition) is 1. The Morgan fingerprint density at radius 2 is 1.68 bits per heavy atom. The molecule has 1 N–H and O–H groups in total. The summed E-state index contributed by atoms with van der Waals surface area (Å²) in [5.74, 6) is -0.0397. The first kappa shape index (κ1) is 16.3. The molecule has 1 saturated heterocycles. The van der Waals surface area contributed by atoms with E-state index in [4.69, 9.17) is 0 Å². The van der Waals surface area contributed by atoms with Crippen LogP contribution in [0.25, 0.3) is 0 Å². The first-order valence-corrected chi connectivity index (χ1v) is 8.99. The van der Waals surface area contributed by atoms with Gasteiger partial charge in [0, 0.05) is 36.8 Å². The van der Waals surface area contributed by atoms with Crippen molar-refractivity contribution in [2.45, 2.75) is 38.1 Å². The molecule has 0 radical (unpaired) electrons. The van der Waals surface area contributed by atoms with Gasteiger partial charge in [-0.1, -0.05) is 48.5 Å². The van der Waals surface area contributed by atoms with Crippen molar-refractivity contribution < 1.29 is 9.90 Å². The smallest absolute Gasteiger partial charge is 0.257 e. The molecule has 1 amide bonds. The molecule has 0 aromatic heterocycles. The van der Waals surface area contributed by atoms with Gasteiger partial charge in [0.15, 0.2) is 5.72 Å². The number of carbonyl (C=O) groups is 1. The van der Waals surface area contributed by atoms with Crippen molar-refractivity contribution >= 4 is 5.91 Å². The molecule has 4 rings (SSSR count). The average Bonchev–Trinajstić information content (AvgIpc) is 2.84. The second kappa shape index (κ2) is 6.28. The van der Waals surface area contributed by atoms with Gasteiger partial charge in [0.25, 0.3) is 5.91 Å². The predicted octanol–water partition coefficient (Wildman–Crippen LogP) is 2.97. The summed E-state index contributed by atoms with van der Waals surface area (Å²) < 4.78 is 0. The zero-order valence-electron chi connectivity index (χ0n) is 14.6. The lowest BCUT2D eigenvalue weighted by molar-refractivity contribution is -0.0963. The Labute approximate surface area is 148 Å². The highest BCUT2D eigenvalue weighted by Gasteiger charge is 2.48. The number of rotatable bonds is 3. The molecule has 4 nitrogen and oxygen atoms in total. The number of likely N-dealkylation sites (tertiary alicyclic amines) is 1. The van der Waals surface area contributed by atoms with Crippen molar-refractivity contribution in [1.29, 1.82) is 0 Å². The zero-order chi connectivity index (χ0) is 17.4. The first-order valence-electron chi connectivity index (χ1n) is 8.99. The van der Waals surface area contributed by atoms with Gasteiger partial charge in [0.05, 0.1) is 0 Å². The van der Waals surface area contributed by atoms with Crippen LogP contribution in [0.5, 0.6) is 0 Å². The molecule has 0 aliphatic carbocycles. The van der Waals surface area contributed by atoms with E-state index in [0.29, 0.717) is 5.56 Å². The maximum absolute atomic E-state index is 12.8. The quantitative estimate of drug-likeness (QED) is 0.937. The molecular formula is C21H24N2O2. The second-order valence-corrected chi connectivity index (χ2v) is 7.23. The molecule has 2 aromatic rings. The van der Waals surface area contributed by atoms with Crippen LogP contribution in [0.15, 0.2) is 54.6 Å². The van der Waals surface area contributed by atoms with E-state index in [1.54, 1.807) is 11.8 Å². The van der Waals surface area contributed by atoms with Gasteiger partial charge in [-0.25, -0.2) is 0 Å². The van der Waals surface area contributed by atoms with Gasteiger partial charge < -0.3 is 10.0 Å². The normalized spacial score (nSPS) is 24.6. The van der Waals surface area contributed by atoms with Crippen LogP contribution in [0.1, 0.15) is 41.3 Å². The van der Waals surface area contributed by atoms with Crippen LogP contribution >= 0.6 is 0 Å². The van der Waals surface area contributed by atoms with E-state index in [2.05, 4.69) is 29.2 Å². The number of amides is 1. The van der Waals surface area contributed by atoms with Crippen molar-refractivity contribution in [2.75, 3.05) is 13.1 Å². The van der Waals surface area contributed by atoms with Crippen LogP contribution < -0.4 is 0 Å². The van der Waals surface area contributed by atoms with Gasteiger partial charge in [-0.15, -0.1) is 0 Å². The summed E-state index contributed by atoms with van der Waals surface area (Å²) in [6, 6.07) is 18.0. The number of piperidine rings is 1. The number of hydrogen-bond acceptors (Lipinski definition) is 3. The van der Waals surface area contributed by atoms with Crippen molar-refractivity contribution in [2.24, 2.45) is 0 Å². The standard InChI is InChI=1S/C21H24N2O2/c1-21(25)19-10-6-5-9-18(19)20(24)23(21)17-11-13-22(14-12-17)15-16-7-3-2-4-8-16/h2-10,17,25H,11-15H2,1H3. The minimum Gasteiger partial charge on any atom is -0.367 e. The molecule has 1 fully saturated rings. The third kappa shape index (κ3) is 2.86. The fraction of sp³-hybridized carbons (Fsp3) is 0.381. The summed E-state index contributed by atoms with van der Waals surface area (Å²) in [6.07, 6.45) is 1.78. The van der Waals surface area contributed by atoms with Gasteiger partial charge in [0.1, 0.15) is 0 Å². The number of fused-ring (bicyclic) bond motifs is 1. The molecule has 0 spiro atoms. The third-order valence-electron chi connectivity index (χ3n) is 5.53. The van der Waals surface area contributed by atoms with E-state index in [0.717, 1.165) is 38.0 Å². The summed E-state index contributed by atoms with van der Waals surface area (Å²) in [6.45, 7) is 4.57. The highest BCUT2D eigenvalue weighted by Crippen LogP contribution is 2.40. The Balaban J connectivity index is 1.45. The van der Waals surface area contributed by atoms with Gasteiger partial charge >= 0.3 is 0 Å². The molecule has 2 aliphatic rings. The van der Waals surface area contributed by atoms with E-state index in [1.807, 2.05) is 30.3 Å². The van der Waals surface area contributed by atoms with E-state index in [1.165, 1.54) is 5.56 Å². The Kier molecular flexibility index (Phi) is 4.10. The highest BCUT2D eigenvalue weighted by molar-refractivity contribution is 5.99. The van der Waals surface area contributed by atoms with E-state index in [9.17, 15) is 9.90 Å². The van der Waals surface area contributed by atoms with Gasteiger partial charge in [-0.3, -0.25) is 9.69 Å². The molecule has 4 heteroatoms. The first-order chi connectivity index (χ1) is 12.1. The van der Waals surface area contributed by atoms with Crippen LogP contribution in [-0.2, 0) is 12.3 Å². The Morgan fingerprint density at radius 1 is 1.04 bits per heavy atom. The number of carbonyl (C=O) groups excluding carboxylic acids is 1. The molecule has 0 saturated carbocycles. The van der Waals surface area contributed by atoms with Crippen molar-refractivity contribution in [1.82, 2.24) is 9.80 Å². The molecule has 0 bridgehead atoms. The summed E-state index contributed by atoms with van der Waals surface area (Å²) in [4.78, 5) is 17.0. The van der Waals surface area contributed by atoms with Crippen LogP contribution in [0.4, 0.5) is 0 Å². The predicted molar refractivity (Wildman–Crippen MR) is 96.9 cm³/mol. The lowest BCUT2D eigenvalue weighted by Gasteiger charge is -2.42. The highest BCUT2D eigenvalue weighted by atomic mass is 16.3. The summed E-state index contributed by atoms with van der Waals surface area (Å²) in [5, 5.41) is 11.0. The molecule has 1 atom stereocenters. The summed E-state index contributed by atoms with van der Waals surface area (Å²) in [5.41, 5.74) is 1.48. The molecule has 1 unspecified atom stereocenters. The van der Waals surface area contributed by atoms with Crippen molar-refractivity contribution in [3.05, 3.63) is 71.3 Å². The summed E-state index contributed by atoms with van der Waals surface area (Å²) in [7, 11) is 0. The number of benzene rings is 2. The van der Waals surface area contributed by atoms with Crippen molar-refractivity contribution in [3.63, 3.8) is 0 Å². The molecule has 2 aromatic carbocycles. The van der Waals surface area contributed by atoms with Gasteiger partial charge in [-0.05, 0) is 31.4 Å². The van der Waals surface area contributed by atoms with E-state index < -0.39 is 5.72 Å². The van der Waals surface area contributed by atoms with Crippen LogP contribution in [0, 0.1) is 0 Å². The molecule has 2 aliphatic heterocycles. The number of aliphatic hydroxyl groups is 1. The van der Waals surface area contributed by atoms with E-state index in [-0.39, 0.29) is 11.9 Å². The zero-order valence-corrected chi connectivity index (χ0v) is 14.6. The van der Waals surface area contributed by atoms with Gasteiger partial charge in [0.2, 0.25) is 0 Å². The Bertz CT molecular complexity index is 764. The van der Waals surface area contributed by atoms with Crippen molar-refractivity contribution in [3.8, 4) is 0 Å². The Hall–Kier alpha value is -2.17. The topological polar surface area (TPSA) is 43.8 Å². The maximum Gasteiger partial charge on any atom is 0.257 e. The van der Waals surface area contributed by atoms with Crippen LogP contribution in [-0.4, -0.2) is 39.9 Å². The summed E-state index contributed by atoms with van der Waals surface area (Å²) >= 11 is 0. The lowest BCUT2D eigenvalue weighted by Crippen LogP contribution is -2.52. The average molecular weight is 336 g/mol. The fourth-order valence-corrected chi connectivity index (χ4v) is 4.24. The molecule has 130 valence electrons. The Morgan fingerprint density at radius 3 is 2.36 bits per heavy atom. The second-order valence-electron chi connectivity index (χ2n) is 7.23. The monoisotopic (exact) mass is 336 g/mol. The maximum atomic E-state index is 12.8. The molecule has 25 heavy (non-hydrogen) atoms. The molecular weight excluding hydrogens is 312 g/mol.